The number of piperazine rings is 1. The molecule has 2 aliphatic rings. The van der Waals surface area contributed by atoms with Crippen LogP contribution in [-0.4, -0.2) is 73.6 Å². The second-order valence-electron chi connectivity index (χ2n) is 12.5. The van der Waals surface area contributed by atoms with E-state index in [-0.39, 0.29) is 29.2 Å². The van der Waals surface area contributed by atoms with E-state index in [1.54, 1.807) is 6.07 Å². The zero-order chi connectivity index (χ0) is 36.2. The van der Waals surface area contributed by atoms with Gasteiger partial charge < -0.3 is 20.9 Å². The Morgan fingerprint density at radius 3 is 2.35 bits per heavy atom. The van der Waals surface area contributed by atoms with Gasteiger partial charge in [0.25, 0.3) is 0 Å². The summed E-state index contributed by atoms with van der Waals surface area (Å²) in [5.74, 6) is -1.02. The number of imide groups is 1. The van der Waals surface area contributed by atoms with Gasteiger partial charge in [-0.2, -0.15) is 18.2 Å². The number of alkyl halides is 3. The number of rotatable bonds is 11. The average Bonchev–Trinajstić information content (AvgIpc) is 3.09. The summed E-state index contributed by atoms with van der Waals surface area (Å²) in [6, 6.07) is 21.0. The third-order valence-corrected chi connectivity index (χ3v) is 9.77. The maximum absolute atomic E-state index is 13.8. The van der Waals surface area contributed by atoms with Crippen molar-refractivity contribution >= 4 is 50.5 Å². The van der Waals surface area contributed by atoms with Crippen LogP contribution in [0.4, 0.5) is 42.0 Å². The van der Waals surface area contributed by atoms with E-state index in [2.05, 4.69) is 41.0 Å². The lowest BCUT2D eigenvalue weighted by atomic mass is 10.1. The molecule has 0 radical (unpaired) electrons. The van der Waals surface area contributed by atoms with Gasteiger partial charge in [0.2, 0.25) is 17.8 Å². The number of amides is 2. The van der Waals surface area contributed by atoms with Crippen LogP contribution >= 0.6 is 0 Å². The zero-order valence-electron chi connectivity index (χ0n) is 27.7. The number of benzene rings is 3. The predicted octanol–water partition coefficient (Wildman–Crippen LogP) is 4.79. The largest absolute Gasteiger partial charge is 0.421 e. The first-order valence-corrected chi connectivity index (χ1v) is 18.2. The van der Waals surface area contributed by atoms with Crippen LogP contribution in [0.2, 0.25) is 0 Å². The van der Waals surface area contributed by atoms with Gasteiger partial charge in [-0.15, -0.1) is 0 Å². The van der Waals surface area contributed by atoms with Crippen LogP contribution < -0.4 is 26.2 Å². The number of carbonyl (C=O) groups is 2. The molecule has 2 amide bonds. The molecule has 2 fully saturated rings. The number of hydrogen-bond acceptors (Lipinski definition) is 11. The summed E-state index contributed by atoms with van der Waals surface area (Å²) < 4.78 is 65.1. The number of aromatic nitrogens is 2. The van der Waals surface area contributed by atoms with Gasteiger partial charge in [0.1, 0.15) is 17.4 Å². The fourth-order valence-electron chi connectivity index (χ4n) is 5.96. The fourth-order valence-corrected chi connectivity index (χ4v) is 6.65. The molecule has 1 aromatic heterocycles. The van der Waals surface area contributed by atoms with E-state index >= 15 is 0 Å². The molecule has 3 aromatic carbocycles. The Balaban J connectivity index is 1.03. The van der Waals surface area contributed by atoms with E-state index in [4.69, 9.17) is 0 Å². The molecule has 1 atom stereocenters. The van der Waals surface area contributed by atoms with E-state index < -0.39 is 33.4 Å². The Hall–Kier alpha value is -5.22. The molecule has 16 heteroatoms. The van der Waals surface area contributed by atoms with Gasteiger partial charge >= 0.3 is 6.18 Å². The summed E-state index contributed by atoms with van der Waals surface area (Å²) in [5.41, 5.74) is 2.97. The van der Waals surface area contributed by atoms with Crippen LogP contribution in [-0.2, 0) is 38.7 Å². The molecule has 51 heavy (non-hydrogen) atoms. The van der Waals surface area contributed by atoms with Crippen molar-refractivity contribution in [1.82, 2.24) is 20.2 Å². The van der Waals surface area contributed by atoms with Crippen molar-refractivity contribution in [2.24, 2.45) is 0 Å². The highest BCUT2D eigenvalue weighted by Gasteiger charge is 2.35. The lowest BCUT2D eigenvalue weighted by Crippen LogP contribution is -2.47. The topological polar surface area (TPSA) is 149 Å². The molecule has 0 saturated carbocycles. The van der Waals surface area contributed by atoms with Crippen molar-refractivity contribution in [3.63, 3.8) is 0 Å². The zero-order valence-corrected chi connectivity index (χ0v) is 28.5. The van der Waals surface area contributed by atoms with E-state index in [1.165, 1.54) is 18.2 Å². The predicted molar refractivity (Wildman–Crippen MR) is 187 cm³/mol. The van der Waals surface area contributed by atoms with Gasteiger partial charge in [-0.3, -0.25) is 19.8 Å². The van der Waals surface area contributed by atoms with Crippen LogP contribution in [0.5, 0.6) is 0 Å². The number of halogens is 3. The van der Waals surface area contributed by atoms with Gasteiger partial charge in [0.05, 0.1) is 4.90 Å². The summed E-state index contributed by atoms with van der Waals surface area (Å²) in [6.07, 6.45) is -2.16. The third-order valence-electron chi connectivity index (χ3n) is 8.65. The lowest BCUT2D eigenvalue weighted by Gasteiger charge is -2.36. The normalized spacial score (nSPS) is 17.2. The quantitative estimate of drug-likeness (QED) is 0.158. The first-order valence-electron chi connectivity index (χ1n) is 16.3. The van der Waals surface area contributed by atoms with E-state index in [0.717, 1.165) is 55.9 Å². The van der Waals surface area contributed by atoms with Gasteiger partial charge in [0.15, 0.2) is 9.84 Å². The number of anilines is 5. The van der Waals surface area contributed by atoms with Crippen LogP contribution in [0, 0.1) is 0 Å². The minimum absolute atomic E-state index is 0.0341. The highest BCUT2D eigenvalue weighted by atomic mass is 32.2. The number of carbonyl (C=O) groups excluding carboxylic acids is 2. The Morgan fingerprint density at radius 1 is 0.922 bits per heavy atom. The standard InChI is InChI=1S/C35H37F3N8O4S/c1-51(49,50)28-7-3-4-23(19-28)20-39-32-29(35(36,37)38)21-40-34(44-32)42-25-8-10-27(11-9-25)46-16-14-45(15-17-46)22-24-5-2-6-26(18-24)41-30-12-13-31(47)43-33(30)48/h2-11,18-19,21,30,41H,12-17,20,22H2,1H3,(H,43,47,48)(H2,39,40,42,44). The maximum atomic E-state index is 13.8. The van der Waals surface area contributed by atoms with Gasteiger partial charge in [-0.25, -0.2) is 13.4 Å². The van der Waals surface area contributed by atoms with E-state index in [1.807, 2.05) is 48.5 Å². The third kappa shape index (κ3) is 9.32. The number of nitrogens with zero attached hydrogens (tertiary/aromatic N) is 4. The molecular weight excluding hydrogens is 685 g/mol. The molecule has 2 aliphatic heterocycles. The molecule has 2 saturated heterocycles. The fraction of sp³-hybridized carbons (Fsp3) is 0.314. The smallest absolute Gasteiger partial charge is 0.374 e. The van der Waals surface area contributed by atoms with E-state index in [9.17, 15) is 31.2 Å². The Kier molecular flexibility index (Phi) is 10.4. The van der Waals surface area contributed by atoms with Crippen LogP contribution in [0.15, 0.2) is 83.9 Å². The second-order valence-corrected chi connectivity index (χ2v) is 14.5. The molecular formula is C35H37F3N8O4S. The molecule has 6 rings (SSSR count). The molecule has 3 heterocycles. The summed E-state index contributed by atoms with van der Waals surface area (Å²) in [4.78, 5) is 36.3. The van der Waals surface area contributed by atoms with E-state index in [0.29, 0.717) is 30.3 Å². The number of nitrogens with one attached hydrogen (secondary N) is 4. The summed E-state index contributed by atoms with van der Waals surface area (Å²) in [5, 5.41) is 11.3. The van der Waals surface area contributed by atoms with Crippen LogP contribution in [0.1, 0.15) is 29.5 Å². The van der Waals surface area contributed by atoms with Gasteiger partial charge in [0, 0.05) is 75.2 Å². The summed E-state index contributed by atoms with van der Waals surface area (Å²) in [6.45, 7) is 3.92. The number of sulfone groups is 1. The van der Waals surface area contributed by atoms with Crippen molar-refractivity contribution < 1.29 is 31.2 Å². The Morgan fingerprint density at radius 2 is 1.65 bits per heavy atom. The lowest BCUT2D eigenvalue weighted by molar-refractivity contribution is -0.137. The average molecular weight is 723 g/mol. The number of piperidine rings is 1. The second kappa shape index (κ2) is 14.9. The van der Waals surface area contributed by atoms with Crippen LogP contribution in [0.3, 0.4) is 0 Å². The van der Waals surface area contributed by atoms with Crippen molar-refractivity contribution in [3.8, 4) is 0 Å². The molecule has 268 valence electrons. The Bertz CT molecular complexity index is 2000. The Labute approximate surface area is 293 Å². The molecule has 4 N–H and O–H groups in total. The molecule has 4 aromatic rings. The van der Waals surface area contributed by atoms with Crippen LogP contribution in [0.25, 0.3) is 0 Å². The molecule has 1 unspecified atom stereocenters. The first kappa shape index (κ1) is 35.6. The van der Waals surface area contributed by atoms with Crippen molar-refractivity contribution in [1.29, 1.82) is 0 Å². The molecule has 0 bridgehead atoms. The molecule has 0 aliphatic carbocycles. The molecule has 12 nitrogen and oxygen atoms in total. The highest BCUT2D eigenvalue weighted by molar-refractivity contribution is 7.90. The number of hydrogen-bond donors (Lipinski definition) is 4. The van der Waals surface area contributed by atoms with Crippen molar-refractivity contribution in [2.75, 3.05) is 53.3 Å². The van der Waals surface area contributed by atoms with Gasteiger partial charge in [-0.1, -0.05) is 24.3 Å². The van der Waals surface area contributed by atoms with Crippen molar-refractivity contribution in [3.05, 3.63) is 95.7 Å². The summed E-state index contributed by atoms with van der Waals surface area (Å²) in [7, 11) is -3.48. The minimum atomic E-state index is -4.71. The van der Waals surface area contributed by atoms with Crippen molar-refractivity contribution in [2.45, 2.75) is 43.0 Å². The van der Waals surface area contributed by atoms with Gasteiger partial charge in [-0.05, 0) is 66.1 Å². The summed E-state index contributed by atoms with van der Waals surface area (Å²) >= 11 is 0. The SMILES string of the molecule is CS(=O)(=O)c1cccc(CNc2nc(Nc3ccc(N4CCN(Cc5cccc(NC6CCC(=O)NC6=O)c5)CC4)cc3)ncc2C(F)(F)F)c1. The first-order chi connectivity index (χ1) is 24.3. The minimum Gasteiger partial charge on any atom is -0.374 e. The maximum Gasteiger partial charge on any atom is 0.421 e. The molecule has 0 spiro atoms. The highest BCUT2D eigenvalue weighted by Crippen LogP contribution is 2.34. The monoisotopic (exact) mass is 722 g/mol.